The van der Waals surface area contributed by atoms with Crippen molar-refractivity contribution in [2.45, 2.75) is 37.7 Å². The summed E-state index contributed by atoms with van der Waals surface area (Å²) in [6.07, 6.45) is 4.51. The Bertz CT molecular complexity index is 1170. The highest BCUT2D eigenvalue weighted by Crippen LogP contribution is 2.33. The number of hydrogen-bond donors (Lipinski definition) is 1. The summed E-state index contributed by atoms with van der Waals surface area (Å²) in [5, 5.41) is 13.3. The minimum Gasteiger partial charge on any atom is -0.490 e. The number of rotatable bonds is 7. The number of hydrogen-bond acceptors (Lipinski definition) is 5. The largest absolute Gasteiger partial charge is 0.490 e. The molecule has 2 fully saturated rings. The Morgan fingerprint density at radius 2 is 1.76 bits per heavy atom. The highest BCUT2D eigenvalue weighted by atomic mass is 16.5. The highest BCUT2D eigenvalue weighted by molar-refractivity contribution is 5.86. The van der Waals surface area contributed by atoms with Crippen LogP contribution in [0.15, 0.2) is 72.5 Å². The topological polar surface area (TPSA) is 59.0 Å². The average Bonchev–Trinajstić information content (AvgIpc) is 3.28. The predicted octanol–water partition coefficient (Wildman–Crippen LogP) is 5.14. The molecule has 3 aromatic carbocycles. The molecule has 2 aliphatic heterocycles. The van der Waals surface area contributed by atoms with Gasteiger partial charge in [-0.05, 0) is 60.3 Å². The Morgan fingerprint density at radius 1 is 1.00 bits per heavy atom. The lowest BCUT2D eigenvalue weighted by Gasteiger charge is -2.33. The quantitative estimate of drug-likeness (QED) is 0.498. The second-order valence-corrected chi connectivity index (χ2v) is 9.23. The van der Waals surface area contributed by atoms with Gasteiger partial charge in [-0.2, -0.15) is 0 Å². The Balaban J connectivity index is 1.14. The molecule has 5 heteroatoms. The van der Waals surface area contributed by atoms with Gasteiger partial charge in [0.2, 0.25) is 0 Å². The fraction of sp³-hybridized carbons (Fsp3) is 0.345. The molecule has 0 aromatic heterocycles. The van der Waals surface area contributed by atoms with Crippen molar-refractivity contribution in [2.75, 3.05) is 26.2 Å². The van der Waals surface area contributed by atoms with Gasteiger partial charge in [0.1, 0.15) is 24.2 Å². The number of aliphatic hydroxyl groups is 1. The smallest absolute Gasteiger partial charge is 0.311 e. The monoisotopic (exact) mass is 457 g/mol. The van der Waals surface area contributed by atoms with Crippen molar-refractivity contribution < 1.29 is 19.4 Å². The van der Waals surface area contributed by atoms with Crippen LogP contribution in [0.3, 0.4) is 0 Å². The van der Waals surface area contributed by atoms with Crippen LogP contribution in [0.25, 0.3) is 16.8 Å². The number of nitrogens with zero attached hydrogens (tertiary/aromatic N) is 1. The van der Waals surface area contributed by atoms with Crippen LogP contribution in [0.1, 0.15) is 42.7 Å². The summed E-state index contributed by atoms with van der Waals surface area (Å²) >= 11 is 0. The molecule has 0 aliphatic carbocycles. The molecule has 0 spiro atoms. The van der Waals surface area contributed by atoms with E-state index in [2.05, 4.69) is 47.4 Å². The van der Waals surface area contributed by atoms with E-state index < -0.39 is 6.10 Å². The van der Waals surface area contributed by atoms with Crippen molar-refractivity contribution in [1.29, 1.82) is 0 Å². The zero-order valence-electron chi connectivity index (χ0n) is 19.4. The second-order valence-electron chi connectivity index (χ2n) is 9.23. The number of β-amino-alcohol motifs (C(OH)–C–C–N with tert-alkyl or cyclic N) is 1. The van der Waals surface area contributed by atoms with E-state index >= 15 is 0 Å². The van der Waals surface area contributed by atoms with Crippen LogP contribution in [0.2, 0.25) is 0 Å². The first kappa shape index (κ1) is 22.6. The molecule has 2 aliphatic rings. The van der Waals surface area contributed by atoms with E-state index in [4.69, 9.17) is 9.47 Å². The minimum atomic E-state index is -0.570. The molecule has 1 N–H and O–H groups in total. The minimum absolute atomic E-state index is 0.190. The van der Waals surface area contributed by atoms with E-state index in [1.165, 1.54) is 16.3 Å². The highest BCUT2D eigenvalue weighted by Gasteiger charge is 2.24. The van der Waals surface area contributed by atoms with Crippen LogP contribution >= 0.6 is 0 Å². The molecule has 5 rings (SSSR count). The van der Waals surface area contributed by atoms with Gasteiger partial charge in [0.25, 0.3) is 0 Å². The lowest BCUT2D eigenvalue weighted by Crippen LogP contribution is -2.40. The molecule has 0 radical (unpaired) electrons. The van der Waals surface area contributed by atoms with Crippen LogP contribution in [0.5, 0.6) is 5.75 Å². The number of carbonyl (C=O) groups is 1. The first-order valence-corrected chi connectivity index (χ1v) is 12.2. The van der Waals surface area contributed by atoms with E-state index in [9.17, 15) is 9.90 Å². The molecule has 34 heavy (non-hydrogen) atoms. The molecule has 1 atom stereocenters. The van der Waals surface area contributed by atoms with Crippen molar-refractivity contribution in [1.82, 2.24) is 4.90 Å². The van der Waals surface area contributed by atoms with Crippen LogP contribution in [0, 0.1) is 0 Å². The van der Waals surface area contributed by atoms with Gasteiger partial charge in [0.15, 0.2) is 0 Å². The first-order valence-electron chi connectivity index (χ1n) is 12.2. The van der Waals surface area contributed by atoms with Gasteiger partial charge in [0.05, 0.1) is 6.42 Å². The number of allylic oxidation sites excluding steroid dienone is 1. The summed E-state index contributed by atoms with van der Waals surface area (Å²) in [7, 11) is 0. The van der Waals surface area contributed by atoms with Crippen molar-refractivity contribution in [3.63, 3.8) is 0 Å². The number of esters is 1. The third-order valence-corrected chi connectivity index (χ3v) is 6.81. The third-order valence-electron chi connectivity index (χ3n) is 6.81. The summed E-state index contributed by atoms with van der Waals surface area (Å²) < 4.78 is 11.2. The normalized spacial score (nSPS) is 19.4. The van der Waals surface area contributed by atoms with Gasteiger partial charge in [0, 0.05) is 18.5 Å². The molecule has 2 saturated heterocycles. The molecular formula is C29H31NO4. The number of ether oxygens (including phenoxy) is 2. The van der Waals surface area contributed by atoms with Crippen LogP contribution in [-0.4, -0.2) is 48.3 Å². The number of likely N-dealkylation sites (tertiary alicyclic amines) is 1. The molecular weight excluding hydrogens is 426 g/mol. The summed E-state index contributed by atoms with van der Waals surface area (Å²) in [6.45, 7) is 2.77. The van der Waals surface area contributed by atoms with Gasteiger partial charge in [-0.1, -0.05) is 60.7 Å². The van der Waals surface area contributed by atoms with E-state index in [1.54, 1.807) is 0 Å². The lowest BCUT2D eigenvalue weighted by atomic mass is 9.86. The Hall–Kier alpha value is -3.15. The average molecular weight is 458 g/mol. The van der Waals surface area contributed by atoms with Gasteiger partial charge < -0.3 is 19.5 Å². The maximum absolute atomic E-state index is 11.4. The van der Waals surface area contributed by atoms with E-state index in [-0.39, 0.29) is 12.6 Å². The summed E-state index contributed by atoms with van der Waals surface area (Å²) in [5.74, 6) is 1.71. The summed E-state index contributed by atoms with van der Waals surface area (Å²) in [5.41, 5.74) is 2.30. The van der Waals surface area contributed by atoms with Gasteiger partial charge in [-0.15, -0.1) is 0 Å². The predicted molar refractivity (Wildman–Crippen MR) is 134 cm³/mol. The Morgan fingerprint density at radius 3 is 2.59 bits per heavy atom. The number of benzene rings is 3. The molecule has 1 unspecified atom stereocenters. The second kappa shape index (κ2) is 10.4. The summed E-state index contributed by atoms with van der Waals surface area (Å²) in [4.78, 5) is 13.7. The van der Waals surface area contributed by atoms with E-state index in [1.807, 2.05) is 30.3 Å². The maximum Gasteiger partial charge on any atom is 0.311 e. The Kier molecular flexibility index (Phi) is 6.93. The molecule has 2 heterocycles. The lowest BCUT2D eigenvalue weighted by molar-refractivity contribution is -0.135. The van der Waals surface area contributed by atoms with Gasteiger partial charge in [-0.25, -0.2) is 0 Å². The van der Waals surface area contributed by atoms with Crippen molar-refractivity contribution in [2.24, 2.45) is 0 Å². The van der Waals surface area contributed by atoms with Crippen molar-refractivity contribution in [3.8, 4) is 5.75 Å². The zero-order chi connectivity index (χ0) is 23.3. The molecule has 3 aromatic rings. The van der Waals surface area contributed by atoms with E-state index in [0.717, 1.165) is 31.5 Å². The fourth-order valence-corrected chi connectivity index (χ4v) is 5.05. The Labute approximate surface area is 200 Å². The first-order chi connectivity index (χ1) is 16.7. The van der Waals surface area contributed by atoms with Crippen LogP contribution in [0.4, 0.5) is 0 Å². The molecule has 5 nitrogen and oxygen atoms in total. The van der Waals surface area contributed by atoms with Crippen molar-refractivity contribution >= 4 is 22.8 Å². The molecule has 176 valence electrons. The van der Waals surface area contributed by atoms with Crippen LogP contribution < -0.4 is 4.74 Å². The standard InChI is InChI=1S/C29H31NO4/c31-24(20-33-28-11-4-2-7-23(28)18-25-12-13-29(32)34-25)19-30-16-14-22(15-17-30)27-10-5-8-21-6-1-3-9-26(21)27/h1-11,18,22,24,31H,12-17,19-20H2. The molecule has 0 saturated carbocycles. The number of aliphatic hydroxyl groups excluding tert-OH is 1. The van der Waals surface area contributed by atoms with Gasteiger partial charge >= 0.3 is 5.97 Å². The summed E-state index contributed by atoms with van der Waals surface area (Å²) in [6, 6.07) is 22.9. The molecule has 0 bridgehead atoms. The number of piperidine rings is 1. The number of fused-ring (bicyclic) bond motifs is 1. The number of para-hydroxylation sites is 1. The van der Waals surface area contributed by atoms with Gasteiger partial charge in [-0.3, -0.25) is 4.79 Å². The molecule has 0 amide bonds. The SMILES string of the molecule is O=C1CCC(=Cc2ccccc2OCC(O)CN2CCC(c3cccc4ccccc34)CC2)O1. The third kappa shape index (κ3) is 5.32. The van der Waals surface area contributed by atoms with Crippen LogP contribution in [-0.2, 0) is 9.53 Å². The fourth-order valence-electron chi connectivity index (χ4n) is 5.05. The van der Waals surface area contributed by atoms with E-state index in [0.29, 0.717) is 36.8 Å². The maximum atomic E-state index is 11.4. The number of carbonyl (C=O) groups excluding carboxylic acids is 1. The number of cyclic esters (lactones) is 1. The van der Waals surface area contributed by atoms with Crippen molar-refractivity contribution in [3.05, 3.63) is 83.6 Å². The zero-order valence-corrected chi connectivity index (χ0v) is 19.4.